The number of carbonyl (C=O) groups excluding carboxylic acids is 1. The number of aromatic amines is 1. The first-order valence-corrected chi connectivity index (χ1v) is 7.93. The minimum absolute atomic E-state index is 0.130. The van der Waals surface area contributed by atoms with Gasteiger partial charge in [-0.3, -0.25) is 14.6 Å². The number of aromatic nitrogens is 2. The lowest BCUT2D eigenvalue weighted by atomic mass is 10.2. The smallest absolute Gasteiger partial charge is 0.285 e. The van der Waals surface area contributed by atoms with Crippen LogP contribution in [0.15, 0.2) is 74.7 Å². The summed E-state index contributed by atoms with van der Waals surface area (Å²) in [6.07, 6.45) is 3.07. The van der Waals surface area contributed by atoms with Gasteiger partial charge in [-0.25, -0.2) is 14.9 Å². The Balaban J connectivity index is 1.87. The zero-order valence-corrected chi connectivity index (χ0v) is 13.8. The van der Waals surface area contributed by atoms with Crippen molar-refractivity contribution in [1.82, 2.24) is 9.97 Å². The first-order valence-electron chi connectivity index (χ1n) is 7.93. The lowest BCUT2D eigenvalue weighted by molar-refractivity contribution is -0.113. The third kappa shape index (κ3) is 2.86. The molecule has 1 amide bonds. The number of hydrogen-bond donors (Lipinski definition) is 1. The number of H-pyrrole nitrogens is 1. The van der Waals surface area contributed by atoms with Crippen LogP contribution in [0.4, 0.5) is 5.95 Å². The van der Waals surface area contributed by atoms with E-state index in [2.05, 4.69) is 15.0 Å². The van der Waals surface area contributed by atoms with Crippen molar-refractivity contribution in [3.8, 4) is 0 Å². The number of aryl methyl sites for hydroxylation is 1. The molecule has 2 aromatic heterocycles. The normalized spacial score (nSPS) is 15.6. The predicted octanol–water partition coefficient (Wildman–Crippen LogP) is 2.51. The van der Waals surface area contributed by atoms with Gasteiger partial charge in [0.05, 0.1) is 6.26 Å². The van der Waals surface area contributed by atoms with Crippen molar-refractivity contribution < 1.29 is 9.21 Å². The molecule has 7 nitrogen and oxygen atoms in total. The number of benzene rings is 1. The monoisotopic (exact) mass is 346 g/mol. The molecule has 3 aromatic rings. The summed E-state index contributed by atoms with van der Waals surface area (Å²) < 4.78 is 5.27. The van der Waals surface area contributed by atoms with Crippen LogP contribution in [0.1, 0.15) is 17.0 Å². The number of hydrogen-bond acceptors (Lipinski definition) is 5. The Morgan fingerprint density at radius 2 is 1.92 bits per heavy atom. The molecule has 26 heavy (non-hydrogen) atoms. The van der Waals surface area contributed by atoms with Crippen LogP contribution in [0.3, 0.4) is 0 Å². The topological polar surface area (TPSA) is 91.6 Å². The highest BCUT2D eigenvalue weighted by molar-refractivity contribution is 6.32. The van der Waals surface area contributed by atoms with Crippen molar-refractivity contribution in [2.75, 3.05) is 4.90 Å². The second-order valence-electron chi connectivity index (χ2n) is 5.70. The van der Waals surface area contributed by atoms with E-state index in [0.717, 1.165) is 5.56 Å². The van der Waals surface area contributed by atoms with E-state index in [4.69, 9.17) is 4.42 Å². The lowest BCUT2D eigenvalue weighted by Crippen LogP contribution is -2.35. The maximum atomic E-state index is 13.0. The standard InChI is InChI=1S/C19H14N4O3/c1-12-10-16(24)22-19(20-12)23-17(13-6-3-2-4-7-13)21-15(18(23)25)11-14-8-5-9-26-14/h2-11H,1H3,(H,20,22,24)/b15-11+. The van der Waals surface area contributed by atoms with Gasteiger partial charge in [0.2, 0.25) is 5.95 Å². The second kappa shape index (κ2) is 6.29. The van der Waals surface area contributed by atoms with Crippen molar-refractivity contribution >= 4 is 23.8 Å². The molecule has 0 radical (unpaired) electrons. The van der Waals surface area contributed by atoms with Crippen molar-refractivity contribution in [3.63, 3.8) is 0 Å². The highest BCUT2D eigenvalue weighted by atomic mass is 16.3. The summed E-state index contributed by atoms with van der Waals surface area (Å²) in [6, 6.07) is 14.1. The fraction of sp³-hybridized carbons (Fsp3) is 0.0526. The van der Waals surface area contributed by atoms with Crippen LogP contribution in [0.25, 0.3) is 6.08 Å². The van der Waals surface area contributed by atoms with Gasteiger partial charge in [-0.15, -0.1) is 0 Å². The number of rotatable bonds is 3. The molecule has 0 saturated carbocycles. The van der Waals surface area contributed by atoms with Gasteiger partial charge in [-0.1, -0.05) is 30.3 Å². The molecule has 1 aliphatic rings. The molecule has 0 atom stereocenters. The van der Waals surface area contributed by atoms with Gasteiger partial charge >= 0.3 is 0 Å². The quantitative estimate of drug-likeness (QED) is 0.738. The Hall–Kier alpha value is -3.74. The molecule has 0 spiro atoms. The molecule has 4 rings (SSSR count). The number of anilines is 1. The SMILES string of the molecule is Cc1cc(=O)[nH]c(N2C(=O)/C(=C\c3ccco3)N=C2c2ccccc2)n1. The summed E-state index contributed by atoms with van der Waals surface area (Å²) in [7, 11) is 0. The number of amides is 1. The molecule has 0 unspecified atom stereocenters. The van der Waals surface area contributed by atoms with E-state index in [1.807, 2.05) is 30.3 Å². The van der Waals surface area contributed by atoms with Crippen LogP contribution in [-0.4, -0.2) is 21.7 Å². The van der Waals surface area contributed by atoms with Crippen LogP contribution >= 0.6 is 0 Å². The molecular formula is C19H14N4O3. The summed E-state index contributed by atoms with van der Waals surface area (Å²) >= 11 is 0. The first kappa shape index (κ1) is 15.8. The van der Waals surface area contributed by atoms with Crippen LogP contribution in [-0.2, 0) is 4.79 Å². The van der Waals surface area contributed by atoms with Crippen molar-refractivity contribution in [3.05, 3.63) is 87.9 Å². The summed E-state index contributed by atoms with van der Waals surface area (Å²) in [5.74, 6) is 0.638. The van der Waals surface area contributed by atoms with Gasteiger partial charge in [-0.2, -0.15) is 0 Å². The highest BCUT2D eigenvalue weighted by Crippen LogP contribution is 2.25. The number of amidine groups is 1. The Labute approximate surface area is 148 Å². The van der Waals surface area contributed by atoms with Crippen molar-refractivity contribution in [2.24, 2.45) is 4.99 Å². The second-order valence-corrected chi connectivity index (χ2v) is 5.70. The van der Waals surface area contributed by atoms with E-state index >= 15 is 0 Å². The third-order valence-corrected chi connectivity index (χ3v) is 3.78. The van der Waals surface area contributed by atoms with Gasteiger partial charge in [0, 0.05) is 23.4 Å². The lowest BCUT2D eigenvalue weighted by Gasteiger charge is -2.17. The molecule has 3 heterocycles. The average molecular weight is 346 g/mol. The maximum Gasteiger partial charge on any atom is 0.285 e. The number of carbonyl (C=O) groups is 1. The molecule has 128 valence electrons. The van der Waals surface area contributed by atoms with E-state index in [0.29, 0.717) is 17.3 Å². The third-order valence-electron chi connectivity index (χ3n) is 3.78. The van der Waals surface area contributed by atoms with Crippen LogP contribution in [0, 0.1) is 6.92 Å². The van der Waals surface area contributed by atoms with E-state index < -0.39 is 5.91 Å². The molecule has 1 aliphatic heterocycles. The van der Waals surface area contributed by atoms with Crippen LogP contribution in [0.5, 0.6) is 0 Å². The molecule has 0 fully saturated rings. The minimum Gasteiger partial charge on any atom is -0.465 e. The Bertz CT molecular complexity index is 1080. The zero-order chi connectivity index (χ0) is 18.1. The van der Waals surface area contributed by atoms with Gasteiger partial charge in [0.1, 0.15) is 11.5 Å². The molecular weight excluding hydrogens is 332 g/mol. The van der Waals surface area contributed by atoms with Crippen LogP contribution < -0.4 is 10.5 Å². The molecule has 0 bridgehead atoms. The Morgan fingerprint density at radius 3 is 2.62 bits per heavy atom. The first-order chi connectivity index (χ1) is 12.6. The number of nitrogens with zero attached hydrogens (tertiary/aromatic N) is 3. The fourth-order valence-electron chi connectivity index (χ4n) is 2.67. The predicted molar refractivity (Wildman–Crippen MR) is 96.7 cm³/mol. The molecule has 7 heteroatoms. The van der Waals surface area contributed by atoms with Crippen LogP contribution in [0.2, 0.25) is 0 Å². The van der Waals surface area contributed by atoms with E-state index in [1.165, 1.54) is 17.2 Å². The van der Waals surface area contributed by atoms with E-state index in [9.17, 15) is 9.59 Å². The zero-order valence-electron chi connectivity index (χ0n) is 13.8. The molecule has 1 aromatic carbocycles. The molecule has 0 saturated heterocycles. The summed E-state index contributed by atoms with van der Waals surface area (Å²) in [4.78, 5) is 37.5. The maximum absolute atomic E-state index is 13.0. The summed E-state index contributed by atoms with van der Waals surface area (Å²) in [5.41, 5.74) is 1.10. The number of aliphatic imine (C=N–C) groups is 1. The number of furan rings is 1. The Kier molecular flexibility index (Phi) is 3.81. The molecule has 1 N–H and O–H groups in total. The summed E-state index contributed by atoms with van der Waals surface area (Å²) in [5, 5.41) is 0. The van der Waals surface area contributed by atoms with Gasteiger partial charge < -0.3 is 4.42 Å². The highest BCUT2D eigenvalue weighted by Gasteiger charge is 2.34. The van der Waals surface area contributed by atoms with Gasteiger partial charge in [0.25, 0.3) is 11.5 Å². The van der Waals surface area contributed by atoms with E-state index in [-0.39, 0.29) is 17.2 Å². The largest absolute Gasteiger partial charge is 0.465 e. The van der Waals surface area contributed by atoms with Gasteiger partial charge in [-0.05, 0) is 19.1 Å². The van der Waals surface area contributed by atoms with Gasteiger partial charge in [0.15, 0.2) is 5.84 Å². The average Bonchev–Trinajstić information content (AvgIpc) is 3.24. The van der Waals surface area contributed by atoms with Crippen molar-refractivity contribution in [2.45, 2.75) is 6.92 Å². The Morgan fingerprint density at radius 1 is 1.12 bits per heavy atom. The number of nitrogens with one attached hydrogen (secondary N) is 1. The fourth-order valence-corrected chi connectivity index (χ4v) is 2.67. The van der Waals surface area contributed by atoms with Crippen molar-refractivity contribution in [1.29, 1.82) is 0 Å². The molecule has 0 aliphatic carbocycles. The summed E-state index contributed by atoms with van der Waals surface area (Å²) in [6.45, 7) is 1.69. The van der Waals surface area contributed by atoms with E-state index in [1.54, 1.807) is 25.1 Å². The minimum atomic E-state index is -0.394.